The van der Waals surface area contributed by atoms with Crippen LogP contribution in [-0.4, -0.2) is 10.2 Å². The number of rotatable bonds is 1. The standard InChI is InChI=1S/C15H16O2/c1-9-5-4-6-12(7-9)14-11(3)13(16)8-10(2)15(14)17/h4-8,16-17H,1-3H3. The normalized spacial score (nSPS) is 10.5. The highest BCUT2D eigenvalue weighted by molar-refractivity contribution is 5.77. The van der Waals surface area contributed by atoms with Gasteiger partial charge in [0.2, 0.25) is 0 Å². The smallest absolute Gasteiger partial charge is 0.126 e. The molecule has 0 fully saturated rings. The number of hydrogen-bond acceptors (Lipinski definition) is 2. The summed E-state index contributed by atoms with van der Waals surface area (Å²) in [6.45, 7) is 5.60. The third kappa shape index (κ3) is 1.98. The Morgan fingerprint density at radius 3 is 2.29 bits per heavy atom. The van der Waals surface area contributed by atoms with E-state index in [1.165, 1.54) is 0 Å². The second-order valence-electron chi connectivity index (χ2n) is 4.43. The zero-order valence-electron chi connectivity index (χ0n) is 10.3. The molecule has 0 unspecified atom stereocenters. The van der Waals surface area contributed by atoms with Crippen molar-refractivity contribution in [3.05, 3.63) is 47.0 Å². The number of aryl methyl sites for hydroxylation is 2. The lowest BCUT2D eigenvalue weighted by atomic mass is 9.95. The van der Waals surface area contributed by atoms with E-state index in [4.69, 9.17) is 0 Å². The first-order valence-corrected chi connectivity index (χ1v) is 5.60. The van der Waals surface area contributed by atoms with Gasteiger partial charge in [0.15, 0.2) is 0 Å². The highest BCUT2D eigenvalue weighted by Gasteiger charge is 2.14. The summed E-state index contributed by atoms with van der Waals surface area (Å²) in [5, 5.41) is 20.0. The molecule has 0 saturated carbocycles. The van der Waals surface area contributed by atoms with Crippen molar-refractivity contribution in [3.63, 3.8) is 0 Å². The quantitative estimate of drug-likeness (QED) is 0.731. The predicted octanol–water partition coefficient (Wildman–Crippen LogP) is 3.69. The van der Waals surface area contributed by atoms with Crippen LogP contribution in [0.3, 0.4) is 0 Å². The van der Waals surface area contributed by atoms with Crippen LogP contribution < -0.4 is 0 Å². The first kappa shape index (κ1) is 11.5. The molecule has 0 aliphatic heterocycles. The fraction of sp³-hybridized carbons (Fsp3) is 0.200. The number of aromatic hydroxyl groups is 2. The second-order valence-corrected chi connectivity index (χ2v) is 4.43. The first-order valence-electron chi connectivity index (χ1n) is 5.60. The van der Waals surface area contributed by atoms with Crippen LogP contribution in [-0.2, 0) is 0 Å². The van der Waals surface area contributed by atoms with Gasteiger partial charge in [-0.15, -0.1) is 0 Å². The van der Waals surface area contributed by atoms with Crippen molar-refractivity contribution in [2.45, 2.75) is 20.8 Å². The molecule has 0 aliphatic carbocycles. The number of hydrogen-bond donors (Lipinski definition) is 2. The van der Waals surface area contributed by atoms with Crippen molar-refractivity contribution in [2.75, 3.05) is 0 Å². The van der Waals surface area contributed by atoms with Crippen LogP contribution in [0.15, 0.2) is 30.3 Å². The number of phenols is 2. The molecule has 0 atom stereocenters. The maximum Gasteiger partial charge on any atom is 0.126 e. The van der Waals surface area contributed by atoms with Gasteiger partial charge in [-0.25, -0.2) is 0 Å². The molecule has 2 rings (SSSR count). The number of phenolic OH excluding ortho intramolecular Hbond substituents is 2. The summed E-state index contributed by atoms with van der Waals surface area (Å²) >= 11 is 0. The summed E-state index contributed by atoms with van der Waals surface area (Å²) in [4.78, 5) is 0. The van der Waals surface area contributed by atoms with E-state index >= 15 is 0 Å². The van der Waals surface area contributed by atoms with E-state index in [1.54, 1.807) is 13.0 Å². The molecule has 2 N–H and O–H groups in total. The van der Waals surface area contributed by atoms with Gasteiger partial charge in [-0.2, -0.15) is 0 Å². The number of benzene rings is 2. The molecule has 2 aromatic rings. The van der Waals surface area contributed by atoms with E-state index in [2.05, 4.69) is 0 Å². The predicted molar refractivity (Wildman–Crippen MR) is 69.4 cm³/mol. The maximum atomic E-state index is 10.1. The molecule has 88 valence electrons. The Morgan fingerprint density at radius 2 is 1.65 bits per heavy atom. The Kier molecular flexibility index (Phi) is 2.80. The Labute approximate surface area is 101 Å². The van der Waals surface area contributed by atoms with Gasteiger partial charge in [0.25, 0.3) is 0 Å². The van der Waals surface area contributed by atoms with Crippen molar-refractivity contribution < 1.29 is 10.2 Å². The Hall–Kier alpha value is -1.96. The molecule has 0 amide bonds. The topological polar surface area (TPSA) is 40.5 Å². The third-order valence-corrected chi connectivity index (χ3v) is 3.03. The molecule has 0 heterocycles. The molecule has 0 aromatic heterocycles. The summed E-state index contributed by atoms with van der Waals surface area (Å²) in [5.41, 5.74) is 4.16. The minimum atomic E-state index is 0.219. The van der Waals surface area contributed by atoms with E-state index < -0.39 is 0 Å². The molecule has 0 aliphatic rings. The lowest BCUT2D eigenvalue weighted by Crippen LogP contribution is -1.89. The lowest BCUT2D eigenvalue weighted by Gasteiger charge is -2.13. The van der Waals surface area contributed by atoms with Gasteiger partial charge in [0.1, 0.15) is 11.5 Å². The van der Waals surface area contributed by atoms with E-state index in [9.17, 15) is 10.2 Å². The second kappa shape index (κ2) is 4.13. The minimum absolute atomic E-state index is 0.219. The van der Waals surface area contributed by atoms with Gasteiger partial charge in [-0.3, -0.25) is 0 Å². The Balaban J connectivity index is 2.75. The highest BCUT2D eigenvalue weighted by atomic mass is 16.3. The van der Waals surface area contributed by atoms with Crippen LogP contribution in [0.25, 0.3) is 11.1 Å². The summed E-state index contributed by atoms with van der Waals surface area (Å²) in [7, 11) is 0. The lowest BCUT2D eigenvalue weighted by molar-refractivity contribution is 0.455. The zero-order chi connectivity index (χ0) is 12.6. The van der Waals surface area contributed by atoms with E-state index in [0.717, 1.165) is 11.1 Å². The molecule has 2 nitrogen and oxygen atoms in total. The van der Waals surface area contributed by atoms with E-state index in [0.29, 0.717) is 16.7 Å². The fourth-order valence-electron chi connectivity index (χ4n) is 2.04. The first-order chi connectivity index (χ1) is 8.00. The summed E-state index contributed by atoms with van der Waals surface area (Å²) in [6, 6.07) is 9.48. The molecule has 17 heavy (non-hydrogen) atoms. The average Bonchev–Trinajstić information content (AvgIpc) is 2.27. The van der Waals surface area contributed by atoms with E-state index in [-0.39, 0.29) is 11.5 Å². The van der Waals surface area contributed by atoms with Gasteiger partial charge in [0.05, 0.1) is 0 Å². The van der Waals surface area contributed by atoms with Gasteiger partial charge in [-0.1, -0.05) is 29.8 Å². The monoisotopic (exact) mass is 228 g/mol. The van der Waals surface area contributed by atoms with Crippen molar-refractivity contribution >= 4 is 0 Å². The van der Waals surface area contributed by atoms with Crippen molar-refractivity contribution in [2.24, 2.45) is 0 Å². The Morgan fingerprint density at radius 1 is 0.941 bits per heavy atom. The molecule has 0 radical (unpaired) electrons. The van der Waals surface area contributed by atoms with Gasteiger partial charge in [-0.05, 0) is 38.0 Å². The van der Waals surface area contributed by atoms with Gasteiger partial charge in [0, 0.05) is 11.1 Å². The maximum absolute atomic E-state index is 10.1. The molecular weight excluding hydrogens is 212 g/mol. The van der Waals surface area contributed by atoms with Crippen molar-refractivity contribution in [3.8, 4) is 22.6 Å². The molecule has 2 heteroatoms. The molecule has 0 bridgehead atoms. The minimum Gasteiger partial charge on any atom is -0.508 e. The highest BCUT2D eigenvalue weighted by Crippen LogP contribution is 2.39. The summed E-state index contributed by atoms with van der Waals surface area (Å²) in [6.07, 6.45) is 0. The summed E-state index contributed by atoms with van der Waals surface area (Å²) < 4.78 is 0. The van der Waals surface area contributed by atoms with Crippen LogP contribution in [0.5, 0.6) is 11.5 Å². The van der Waals surface area contributed by atoms with Crippen LogP contribution >= 0.6 is 0 Å². The van der Waals surface area contributed by atoms with Crippen LogP contribution in [0.2, 0.25) is 0 Å². The molecule has 2 aromatic carbocycles. The zero-order valence-corrected chi connectivity index (χ0v) is 10.3. The molecular formula is C15H16O2. The third-order valence-electron chi connectivity index (χ3n) is 3.03. The molecule has 0 spiro atoms. The average molecular weight is 228 g/mol. The van der Waals surface area contributed by atoms with Crippen LogP contribution in [0.4, 0.5) is 0 Å². The summed E-state index contributed by atoms with van der Waals surface area (Å²) in [5.74, 6) is 0.461. The van der Waals surface area contributed by atoms with Crippen molar-refractivity contribution in [1.29, 1.82) is 0 Å². The SMILES string of the molecule is Cc1cccc(-c2c(C)c(O)cc(C)c2O)c1. The van der Waals surface area contributed by atoms with Gasteiger partial charge < -0.3 is 10.2 Å². The Bertz CT molecular complexity index is 545. The largest absolute Gasteiger partial charge is 0.508 e. The van der Waals surface area contributed by atoms with Crippen molar-refractivity contribution in [1.82, 2.24) is 0 Å². The molecule has 0 saturated heterocycles. The van der Waals surface area contributed by atoms with E-state index in [1.807, 2.05) is 38.1 Å². The van der Waals surface area contributed by atoms with Gasteiger partial charge >= 0.3 is 0 Å². The van der Waals surface area contributed by atoms with Crippen LogP contribution in [0.1, 0.15) is 16.7 Å². The van der Waals surface area contributed by atoms with Crippen LogP contribution in [0, 0.1) is 20.8 Å². The fourth-order valence-corrected chi connectivity index (χ4v) is 2.04.